The Morgan fingerprint density at radius 1 is 1.10 bits per heavy atom. The smallest absolute Gasteiger partial charge is 0.159 e. The lowest BCUT2D eigenvalue weighted by Gasteiger charge is -2.06. The van der Waals surface area contributed by atoms with Crippen LogP contribution in [0.25, 0.3) is 0 Å². The molecule has 0 radical (unpaired) electrons. The third kappa shape index (κ3) is 4.67. The second-order valence-corrected chi connectivity index (χ2v) is 4.88. The highest BCUT2D eigenvalue weighted by molar-refractivity contribution is 5.80. The summed E-state index contributed by atoms with van der Waals surface area (Å²) >= 11 is 0. The first-order valence-corrected chi connectivity index (χ1v) is 6.69. The molecule has 0 aromatic heterocycles. The van der Waals surface area contributed by atoms with Crippen molar-refractivity contribution in [2.75, 3.05) is 6.61 Å². The van der Waals surface area contributed by atoms with Crippen molar-refractivity contribution < 1.29 is 18.3 Å². The Kier molecular flexibility index (Phi) is 5.04. The molecule has 2 aromatic carbocycles. The van der Waals surface area contributed by atoms with E-state index in [1.165, 1.54) is 6.07 Å². The molecule has 0 amide bonds. The van der Waals surface area contributed by atoms with Crippen molar-refractivity contribution >= 4 is 5.78 Å². The van der Waals surface area contributed by atoms with Crippen LogP contribution < -0.4 is 4.74 Å². The van der Waals surface area contributed by atoms with E-state index in [2.05, 4.69) is 0 Å². The number of carbonyl (C=O) groups is 1. The Bertz CT molecular complexity index is 638. The van der Waals surface area contributed by atoms with Gasteiger partial charge in [0.15, 0.2) is 11.6 Å². The number of aryl methyl sites for hydroxylation is 1. The summed E-state index contributed by atoms with van der Waals surface area (Å²) in [5.74, 6) is -1.20. The second kappa shape index (κ2) is 6.97. The molecule has 0 fully saturated rings. The molecule has 0 unspecified atom stereocenters. The second-order valence-electron chi connectivity index (χ2n) is 4.88. The zero-order valence-electron chi connectivity index (χ0n) is 11.7. The van der Waals surface area contributed by atoms with Gasteiger partial charge in [-0.05, 0) is 42.3 Å². The van der Waals surface area contributed by atoms with Gasteiger partial charge < -0.3 is 4.74 Å². The monoisotopic (exact) mass is 290 g/mol. The first kappa shape index (κ1) is 15.2. The summed E-state index contributed by atoms with van der Waals surface area (Å²) in [6.07, 6.45) is 0.307. The van der Waals surface area contributed by atoms with Crippen molar-refractivity contribution in [3.63, 3.8) is 0 Å². The van der Waals surface area contributed by atoms with Gasteiger partial charge in [-0.25, -0.2) is 8.78 Å². The van der Waals surface area contributed by atoms with E-state index in [4.69, 9.17) is 4.74 Å². The zero-order valence-corrected chi connectivity index (χ0v) is 11.7. The van der Waals surface area contributed by atoms with Crippen molar-refractivity contribution in [1.82, 2.24) is 0 Å². The van der Waals surface area contributed by atoms with Gasteiger partial charge in [0, 0.05) is 12.8 Å². The van der Waals surface area contributed by atoms with E-state index in [1.807, 2.05) is 31.2 Å². The van der Waals surface area contributed by atoms with Crippen LogP contribution in [-0.2, 0) is 11.2 Å². The summed E-state index contributed by atoms with van der Waals surface area (Å²) in [6, 6.07) is 11.1. The largest absolute Gasteiger partial charge is 0.493 e. The normalized spacial score (nSPS) is 10.4. The Hall–Kier alpha value is -2.23. The summed E-state index contributed by atoms with van der Waals surface area (Å²) in [7, 11) is 0. The standard InChI is InChI=1S/C17H16F2O2/c1-12-3-2-4-15(9-12)21-8-7-14(20)10-13-5-6-16(18)17(19)11-13/h2-6,9,11H,7-8,10H2,1H3. The molecule has 0 saturated heterocycles. The van der Waals surface area contributed by atoms with E-state index in [9.17, 15) is 13.6 Å². The molecule has 110 valence electrons. The van der Waals surface area contributed by atoms with Crippen LogP contribution in [0.2, 0.25) is 0 Å². The lowest BCUT2D eigenvalue weighted by atomic mass is 10.1. The maximum atomic E-state index is 13.0. The minimum atomic E-state index is -0.934. The van der Waals surface area contributed by atoms with E-state index in [-0.39, 0.29) is 25.2 Å². The lowest BCUT2D eigenvalue weighted by molar-refractivity contribution is -0.118. The van der Waals surface area contributed by atoms with Crippen molar-refractivity contribution in [2.45, 2.75) is 19.8 Å². The summed E-state index contributed by atoms with van der Waals surface area (Å²) in [5.41, 5.74) is 1.55. The van der Waals surface area contributed by atoms with Crippen LogP contribution >= 0.6 is 0 Å². The predicted molar refractivity (Wildman–Crippen MR) is 76.4 cm³/mol. The van der Waals surface area contributed by atoms with Crippen LogP contribution in [0.1, 0.15) is 17.5 Å². The van der Waals surface area contributed by atoms with Crippen LogP contribution in [0.15, 0.2) is 42.5 Å². The number of benzene rings is 2. The Morgan fingerprint density at radius 2 is 1.90 bits per heavy atom. The Labute approximate surface area is 122 Å². The maximum Gasteiger partial charge on any atom is 0.159 e. The fourth-order valence-corrected chi connectivity index (χ4v) is 1.95. The molecule has 0 bridgehead atoms. The predicted octanol–water partition coefficient (Wildman–Crippen LogP) is 3.85. The van der Waals surface area contributed by atoms with Crippen molar-refractivity contribution in [2.24, 2.45) is 0 Å². The minimum Gasteiger partial charge on any atom is -0.493 e. The maximum absolute atomic E-state index is 13.0. The highest BCUT2D eigenvalue weighted by Gasteiger charge is 2.08. The fraction of sp³-hybridized carbons (Fsp3) is 0.235. The van der Waals surface area contributed by atoms with E-state index in [0.717, 1.165) is 23.4 Å². The van der Waals surface area contributed by atoms with Crippen LogP contribution in [0.3, 0.4) is 0 Å². The number of ketones is 1. The number of hydrogen-bond acceptors (Lipinski definition) is 2. The Balaban J connectivity index is 1.81. The average molecular weight is 290 g/mol. The molecule has 0 spiro atoms. The molecule has 0 aliphatic heterocycles. The molecule has 0 aliphatic carbocycles. The van der Waals surface area contributed by atoms with Gasteiger partial charge in [0.2, 0.25) is 0 Å². The molecule has 21 heavy (non-hydrogen) atoms. The number of Topliss-reactive ketones (excluding diaryl/α,β-unsaturated/α-hetero) is 1. The summed E-state index contributed by atoms with van der Waals surface area (Å²) in [4.78, 5) is 11.8. The molecule has 0 aliphatic rings. The van der Waals surface area contributed by atoms with Gasteiger partial charge in [-0.2, -0.15) is 0 Å². The number of carbonyl (C=O) groups excluding carboxylic acids is 1. The number of halogens is 2. The first-order chi connectivity index (χ1) is 10.0. The van der Waals surface area contributed by atoms with Gasteiger partial charge in [0.05, 0.1) is 6.61 Å². The highest BCUT2D eigenvalue weighted by atomic mass is 19.2. The van der Waals surface area contributed by atoms with Gasteiger partial charge in [-0.3, -0.25) is 4.79 Å². The average Bonchev–Trinajstić information content (AvgIpc) is 2.43. The van der Waals surface area contributed by atoms with Gasteiger partial charge in [-0.1, -0.05) is 18.2 Å². The van der Waals surface area contributed by atoms with E-state index in [1.54, 1.807) is 0 Å². The minimum absolute atomic E-state index is 0.0753. The van der Waals surface area contributed by atoms with E-state index in [0.29, 0.717) is 5.56 Å². The quantitative estimate of drug-likeness (QED) is 0.807. The molecule has 4 heteroatoms. The third-order valence-electron chi connectivity index (χ3n) is 3.02. The molecule has 2 rings (SSSR count). The molecular weight excluding hydrogens is 274 g/mol. The molecule has 2 nitrogen and oxygen atoms in total. The Morgan fingerprint density at radius 3 is 2.62 bits per heavy atom. The van der Waals surface area contributed by atoms with Gasteiger partial charge >= 0.3 is 0 Å². The lowest BCUT2D eigenvalue weighted by Crippen LogP contribution is -2.09. The first-order valence-electron chi connectivity index (χ1n) is 6.69. The highest BCUT2D eigenvalue weighted by Crippen LogP contribution is 2.13. The van der Waals surface area contributed by atoms with Gasteiger partial charge in [-0.15, -0.1) is 0 Å². The SMILES string of the molecule is Cc1cccc(OCCC(=O)Cc2ccc(F)c(F)c2)c1. The van der Waals surface area contributed by atoms with Crippen molar-refractivity contribution in [3.8, 4) is 5.75 Å². The zero-order chi connectivity index (χ0) is 15.2. The molecule has 2 aromatic rings. The number of ether oxygens (including phenoxy) is 1. The molecular formula is C17H16F2O2. The number of hydrogen-bond donors (Lipinski definition) is 0. The van der Waals surface area contributed by atoms with Gasteiger partial charge in [0.25, 0.3) is 0 Å². The van der Waals surface area contributed by atoms with Crippen LogP contribution in [0.4, 0.5) is 8.78 Å². The van der Waals surface area contributed by atoms with Crippen LogP contribution in [0.5, 0.6) is 5.75 Å². The van der Waals surface area contributed by atoms with Crippen LogP contribution in [-0.4, -0.2) is 12.4 Å². The van der Waals surface area contributed by atoms with Crippen molar-refractivity contribution in [3.05, 3.63) is 65.2 Å². The summed E-state index contributed by atoms with van der Waals surface area (Å²) in [5, 5.41) is 0. The number of rotatable bonds is 6. The van der Waals surface area contributed by atoms with Crippen molar-refractivity contribution in [1.29, 1.82) is 0 Å². The molecule has 0 saturated carbocycles. The third-order valence-corrected chi connectivity index (χ3v) is 3.02. The van der Waals surface area contributed by atoms with E-state index < -0.39 is 11.6 Å². The summed E-state index contributed by atoms with van der Waals surface area (Å²) in [6.45, 7) is 2.23. The fourth-order valence-electron chi connectivity index (χ4n) is 1.95. The topological polar surface area (TPSA) is 26.3 Å². The van der Waals surface area contributed by atoms with Crippen LogP contribution in [0, 0.1) is 18.6 Å². The van der Waals surface area contributed by atoms with E-state index >= 15 is 0 Å². The summed E-state index contributed by atoms with van der Waals surface area (Å²) < 4.78 is 31.3. The van der Waals surface area contributed by atoms with Gasteiger partial charge in [0.1, 0.15) is 11.5 Å². The molecule has 0 N–H and O–H groups in total. The molecule has 0 atom stereocenters. The molecule has 0 heterocycles.